The third kappa shape index (κ3) is 6.07. The van der Waals surface area contributed by atoms with Crippen LogP contribution in [-0.2, 0) is 16.1 Å². The van der Waals surface area contributed by atoms with E-state index in [1.165, 1.54) is 24.3 Å². The lowest BCUT2D eigenvalue weighted by atomic mass is 10.2. The number of halogens is 2. The Morgan fingerprint density at radius 2 is 2.18 bits per heavy atom. The number of hydrogen-bond donors (Lipinski definition) is 1. The van der Waals surface area contributed by atoms with Crippen LogP contribution in [-0.4, -0.2) is 36.0 Å². The highest BCUT2D eigenvalue weighted by Gasteiger charge is 2.12. The first kappa shape index (κ1) is 21.9. The molecule has 0 unspecified atom stereocenters. The largest absolute Gasteiger partial charge is 0.489 e. The lowest BCUT2D eigenvalue weighted by Gasteiger charge is -2.11. The van der Waals surface area contributed by atoms with E-state index in [0.717, 1.165) is 25.1 Å². The molecule has 0 aliphatic carbocycles. The van der Waals surface area contributed by atoms with Crippen LogP contribution in [0.3, 0.4) is 0 Å². The van der Waals surface area contributed by atoms with Gasteiger partial charge in [0.1, 0.15) is 23.3 Å². The summed E-state index contributed by atoms with van der Waals surface area (Å²) < 4.78 is 25.7. The maximum atomic E-state index is 13.6. The number of rotatable bonds is 10. The molecule has 0 aliphatic rings. The number of carbonyl (C=O) groups is 1. The van der Waals surface area contributed by atoms with Crippen LogP contribution in [0.1, 0.15) is 31.0 Å². The van der Waals surface area contributed by atoms with E-state index in [1.54, 1.807) is 17.9 Å². The van der Waals surface area contributed by atoms with Gasteiger partial charge >= 0.3 is 0 Å². The molecule has 0 saturated carbocycles. The first-order valence-electron chi connectivity index (χ1n) is 9.09. The Morgan fingerprint density at radius 1 is 1.39 bits per heavy atom. The van der Waals surface area contributed by atoms with E-state index in [9.17, 15) is 9.18 Å². The molecule has 1 N–H and O–H groups in total. The minimum atomic E-state index is -0.477. The number of ether oxygens (including phenoxy) is 2. The average molecular weight is 410 g/mol. The Morgan fingerprint density at radius 3 is 2.89 bits per heavy atom. The lowest BCUT2D eigenvalue weighted by Crippen LogP contribution is -2.11. The van der Waals surface area contributed by atoms with Crippen molar-refractivity contribution >= 4 is 29.3 Å². The van der Waals surface area contributed by atoms with Crippen LogP contribution >= 0.6 is 11.6 Å². The Hall–Kier alpha value is -2.38. The summed E-state index contributed by atoms with van der Waals surface area (Å²) in [6.07, 6.45) is 4.94. The molecule has 2 rings (SSSR count). The highest BCUT2D eigenvalue weighted by molar-refractivity contribution is 6.31. The molecule has 0 radical (unpaired) electrons. The van der Waals surface area contributed by atoms with Gasteiger partial charge in [0.05, 0.1) is 18.0 Å². The van der Waals surface area contributed by atoms with Crippen molar-refractivity contribution in [1.29, 1.82) is 0 Å². The molecule has 8 heteroatoms. The van der Waals surface area contributed by atoms with Gasteiger partial charge < -0.3 is 14.8 Å². The molecule has 1 aromatic heterocycles. The number of aromatic nitrogens is 2. The topological polar surface area (TPSA) is 65.4 Å². The van der Waals surface area contributed by atoms with Gasteiger partial charge in [0.2, 0.25) is 5.91 Å². The third-order valence-corrected chi connectivity index (χ3v) is 4.38. The number of methoxy groups -OCH3 is 1. The zero-order chi connectivity index (χ0) is 20.5. The van der Waals surface area contributed by atoms with Crippen molar-refractivity contribution in [3.05, 3.63) is 46.5 Å². The third-order valence-electron chi connectivity index (χ3n) is 3.98. The minimum Gasteiger partial charge on any atom is -0.489 e. The summed E-state index contributed by atoms with van der Waals surface area (Å²) in [4.78, 5) is 12.3. The fourth-order valence-corrected chi connectivity index (χ4v) is 2.83. The molecule has 0 bridgehead atoms. The number of benzene rings is 1. The summed E-state index contributed by atoms with van der Waals surface area (Å²) in [5.41, 5.74) is 1.66. The number of nitrogens with one attached hydrogen (secondary N) is 1. The van der Waals surface area contributed by atoms with E-state index < -0.39 is 11.7 Å². The van der Waals surface area contributed by atoms with Crippen LogP contribution in [0.4, 0.5) is 10.1 Å². The maximum absolute atomic E-state index is 13.6. The van der Waals surface area contributed by atoms with Gasteiger partial charge in [0, 0.05) is 31.4 Å². The van der Waals surface area contributed by atoms with Gasteiger partial charge in [-0.3, -0.25) is 9.48 Å². The van der Waals surface area contributed by atoms with Gasteiger partial charge in [-0.25, -0.2) is 4.39 Å². The van der Waals surface area contributed by atoms with Gasteiger partial charge in [-0.2, -0.15) is 5.10 Å². The standard InChI is InChI=1S/C20H25ClFN3O3/c1-4-5-10-25-20(21)16(14(2)24-25)7-9-19(26)23-17-13-15(22)6-8-18(17)28-12-11-27-3/h6-9,13H,4-5,10-12H2,1-3H3,(H,23,26)/b9-7+. The molecule has 28 heavy (non-hydrogen) atoms. The van der Waals surface area contributed by atoms with E-state index in [0.29, 0.717) is 23.1 Å². The Labute approximate surface area is 169 Å². The van der Waals surface area contributed by atoms with Crippen molar-refractivity contribution in [3.63, 3.8) is 0 Å². The zero-order valence-electron chi connectivity index (χ0n) is 16.3. The first-order chi connectivity index (χ1) is 13.5. The number of anilines is 1. The molecule has 0 fully saturated rings. The predicted octanol–water partition coefficient (Wildman–Crippen LogP) is 4.46. The number of hydrogen-bond acceptors (Lipinski definition) is 4. The van der Waals surface area contributed by atoms with Crippen LogP contribution in [0.2, 0.25) is 5.15 Å². The monoisotopic (exact) mass is 409 g/mol. The van der Waals surface area contributed by atoms with Gasteiger partial charge in [0.25, 0.3) is 0 Å². The molecule has 0 saturated heterocycles. The molecular weight excluding hydrogens is 385 g/mol. The first-order valence-corrected chi connectivity index (χ1v) is 9.47. The second kappa shape index (κ2) is 10.8. The Balaban J connectivity index is 2.10. The van der Waals surface area contributed by atoms with E-state index in [-0.39, 0.29) is 12.3 Å². The van der Waals surface area contributed by atoms with E-state index in [2.05, 4.69) is 17.3 Å². The number of nitrogens with zero attached hydrogens (tertiary/aromatic N) is 2. The summed E-state index contributed by atoms with van der Waals surface area (Å²) in [5, 5.41) is 7.51. The number of aryl methyl sites for hydroxylation is 2. The fraction of sp³-hybridized carbons (Fsp3) is 0.400. The van der Waals surface area contributed by atoms with Crippen molar-refractivity contribution in [2.45, 2.75) is 33.2 Å². The molecule has 1 amide bonds. The predicted molar refractivity (Wildman–Crippen MR) is 108 cm³/mol. The zero-order valence-corrected chi connectivity index (χ0v) is 17.1. The molecule has 0 spiro atoms. The van der Waals surface area contributed by atoms with Gasteiger partial charge in [-0.05, 0) is 31.6 Å². The van der Waals surface area contributed by atoms with Gasteiger partial charge in [-0.15, -0.1) is 0 Å². The van der Waals surface area contributed by atoms with Crippen LogP contribution in [0.15, 0.2) is 24.3 Å². The molecule has 2 aromatic rings. The maximum Gasteiger partial charge on any atom is 0.248 e. The quantitative estimate of drug-likeness (QED) is 0.464. The van der Waals surface area contributed by atoms with Crippen molar-refractivity contribution < 1.29 is 18.7 Å². The van der Waals surface area contributed by atoms with Crippen LogP contribution in [0.25, 0.3) is 6.08 Å². The molecule has 1 heterocycles. The normalized spacial score (nSPS) is 11.2. The summed E-state index contributed by atoms with van der Waals surface area (Å²) in [5.74, 6) is -0.546. The number of carbonyl (C=O) groups excluding carboxylic acids is 1. The van der Waals surface area contributed by atoms with E-state index >= 15 is 0 Å². The highest BCUT2D eigenvalue weighted by atomic mass is 35.5. The molecule has 1 aromatic carbocycles. The molecule has 0 aliphatic heterocycles. The van der Waals surface area contributed by atoms with Crippen LogP contribution in [0.5, 0.6) is 5.75 Å². The molecule has 6 nitrogen and oxygen atoms in total. The summed E-state index contributed by atoms with van der Waals surface area (Å²) >= 11 is 6.36. The van der Waals surface area contributed by atoms with E-state index in [4.69, 9.17) is 21.1 Å². The lowest BCUT2D eigenvalue weighted by molar-refractivity contribution is -0.111. The SMILES string of the molecule is CCCCn1nc(C)c(/C=C/C(=O)Nc2cc(F)ccc2OCCOC)c1Cl. The summed E-state index contributed by atoms with van der Waals surface area (Å²) in [6.45, 7) is 5.31. The highest BCUT2D eigenvalue weighted by Crippen LogP contribution is 2.26. The molecular formula is C20H25ClFN3O3. The number of unbranched alkanes of at least 4 members (excludes halogenated alkanes) is 1. The second-order valence-corrected chi connectivity index (χ2v) is 6.53. The van der Waals surface area contributed by atoms with Crippen molar-refractivity contribution in [1.82, 2.24) is 9.78 Å². The van der Waals surface area contributed by atoms with Gasteiger partial charge in [0.15, 0.2) is 0 Å². The van der Waals surface area contributed by atoms with Crippen molar-refractivity contribution in [2.24, 2.45) is 0 Å². The summed E-state index contributed by atoms with van der Waals surface area (Å²) in [7, 11) is 1.55. The second-order valence-electron chi connectivity index (χ2n) is 6.17. The van der Waals surface area contributed by atoms with Crippen LogP contribution < -0.4 is 10.1 Å². The number of amides is 1. The minimum absolute atomic E-state index is 0.243. The Kier molecular flexibility index (Phi) is 8.47. The van der Waals surface area contributed by atoms with Crippen molar-refractivity contribution in [2.75, 3.05) is 25.6 Å². The summed E-state index contributed by atoms with van der Waals surface area (Å²) in [6, 6.07) is 3.93. The fourth-order valence-electron chi connectivity index (χ4n) is 2.51. The molecule has 0 atom stereocenters. The Bertz CT molecular complexity index is 836. The van der Waals surface area contributed by atoms with Crippen LogP contribution in [0, 0.1) is 12.7 Å². The van der Waals surface area contributed by atoms with Gasteiger partial charge in [-0.1, -0.05) is 24.9 Å². The smallest absolute Gasteiger partial charge is 0.248 e. The molecule has 152 valence electrons. The average Bonchev–Trinajstić information content (AvgIpc) is 2.93. The van der Waals surface area contributed by atoms with Crippen molar-refractivity contribution in [3.8, 4) is 5.75 Å². The van der Waals surface area contributed by atoms with E-state index in [1.807, 2.05) is 6.92 Å².